The summed E-state index contributed by atoms with van der Waals surface area (Å²) < 4.78 is 0.991. The largest absolute Gasteiger partial charge is 0.343 e. The highest BCUT2D eigenvalue weighted by molar-refractivity contribution is 14.0. The number of likely N-dealkylation sites (tertiary alicyclic amines) is 1. The Morgan fingerprint density at radius 3 is 2.62 bits per heavy atom. The van der Waals surface area contributed by atoms with Crippen LogP contribution in [0.15, 0.2) is 39.7 Å². The number of hydrogen-bond donors (Lipinski definition) is 1. The zero-order chi connectivity index (χ0) is 15.9. The second-order valence-corrected chi connectivity index (χ2v) is 7.46. The molecule has 0 aliphatic carbocycles. The van der Waals surface area contributed by atoms with Crippen molar-refractivity contribution < 1.29 is 0 Å². The Kier molecular flexibility index (Phi) is 8.26. The highest BCUT2D eigenvalue weighted by Crippen LogP contribution is 2.20. The van der Waals surface area contributed by atoms with Crippen molar-refractivity contribution in [1.82, 2.24) is 15.1 Å². The van der Waals surface area contributed by atoms with E-state index in [4.69, 9.17) is 4.99 Å². The number of halogens is 1. The van der Waals surface area contributed by atoms with Crippen LogP contribution in [0.5, 0.6) is 0 Å². The Bertz CT molecular complexity index is 641. The van der Waals surface area contributed by atoms with E-state index < -0.39 is 0 Å². The molecule has 3 rings (SSSR count). The van der Waals surface area contributed by atoms with Gasteiger partial charge in [-0.25, -0.2) is 4.99 Å². The number of anilines is 1. The Balaban J connectivity index is 0.00000208. The molecule has 1 aromatic carbocycles. The van der Waals surface area contributed by atoms with Crippen LogP contribution in [0.4, 0.5) is 5.69 Å². The molecule has 0 bridgehead atoms. The van der Waals surface area contributed by atoms with E-state index in [1.165, 1.54) is 19.3 Å². The molecule has 1 aliphatic heterocycles. The lowest BCUT2D eigenvalue weighted by Crippen LogP contribution is -2.40. The molecule has 0 amide bonds. The quantitative estimate of drug-likeness (QED) is 0.309. The predicted molar refractivity (Wildman–Crippen MR) is 114 cm³/mol. The first-order valence-electron chi connectivity index (χ1n) is 7.83. The number of nitrogens with zero attached hydrogens (tertiary/aromatic N) is 4. The van der Waals surface area contributed by atoms with E-state index in [0.29, 0.717) is 6.54 Å². The fraction of sp³-hybridized carbons (Fsp3) is 0.438. The van der Waals surface area contributed by atoms with E-state index in [-0.39, 0.29) is 24.0 Å². The second kappa shape index (κ2) is 10.2. The maximum absolute atomic E-state index is 4.79. The molecule has 1 aliphatic rings. The fourth-order valence-electron chi connectivity index (χ4n) is 2.50. The van der Waals surface area contributed by atoms with E-state index in [0.717, 1.165) is 34.1 Å². The minimum Gasteiger partial charge on any atom is -0.343 e. The number of aliphatic imine (C=N–C) groups is 1. The Morgan fingerprint density at radius 1 is 1.21 bits per heavy atom. The van der Waals surface area contributed by atoms with Gasteiger partial charge in [0, 0.05) is 18.8 Å². The lowest BCUT2D eigenvalue weighted by atomic mass is 10.1. The fourth-order valence-corrected chi connectivity index (χ4v) is 3.74. The standard InChI is InChI=1S/C16H21N5S2.HI/c1-22-16-20-19-14(23-16)12-17-15(21-10-6-3-7-11-21)18-13-8-4-2-5-9-13;/h2,4-5,8-9H,3,6-7,10-12H2,1H3,(H,17,18);1H. The van der Waals surface area contributed by atoms with Gasteiger partial charge in [-0.3, -0.25) is 0 Å². The van der Waals surface area contributed by atoms with Gasteiger partial charge >= 0.3 is 0 Å². The SMILES string of the molecule is CSc1nnc(CN=C(Nc2ccccc2)N2CCCCC2)s1.I. The van der Waals surface area contributed by atoms with Crippen molar-refractivity contribution in [2.45, 2.75) is 30.1 Å². The Labute approximate surface area is 168 Å². The minimum absolute atomic E-state index is 0. The van der Waals surface area contributed by atoms with E-state index in [9.17, 15) is 0 Å². The topological polar surface area (TPSA) is 53.4 Å². The van der Waals surface area contributed by atoms with Crippen molar-refractivity contribution in [2.75, 3.05) is 24.7 Å². The van der Waals surface area contributed by atoms with Crippen molar-refractivity contribution in [3.05, 3.63) is 35.3 Å². The molecular weight excluding hydrogens is 453 g/mol. The molecule has 130 valence electrons. The first-order valence-corrected chi connectivity index (χ1v) is 9.87. The summed E-state index contributed by atoms with van der Waals surface area (Å²) >= 11 is 3.24. The van der Waals surface area contributed by atoms with Crippen molar-refractivity contribution in [3.63, 3.8) is 0 Å². The van der Waals surface area contributed by atoms with Crippen molar-refractivity contribution in [2.24, 2.45) is 4.99 Å². The van der Waals surface area contributed by atoms with E-state index in [1.807, 2.05) is 24.5 Å². The average Bonchev–Trinajstić information content (AvgIpc) is 3.08. The summed E-state index contributed by atoms with van der Waals surface area (Å²) in [7, 11) is 0. The van der Waals surface area contributed by atoms with Crippen LogP contribution in [0.3, 0.4) is 0 Å². The Morgan fingerprint density at radius 2 is 1.96 bits per heavy atom. The monoisotopic (exact) mass is 475 g/mol. The van der Waals surface area contributed by atoms with Crippen LogP contribution in [0, 0.1) is 0 Å². The van der Waals surface area contributed by atoms with E-state index in [2.05, 4.69) is 32.5 Å². The van der Waals surface area contributed by atoms with Gasteiger partial charge in [0.05, 0.1) is 6.54 Å². The van der Waals surface area contributed by atoms with Gasteiger partial charge in [0.25, 0.3) is 0 Å². The summed E-state index contributed by atoms with van der Waals surface area (Å²) in [6, 6.07) is 10.2. The molecule has 0 saturated carbocycles. The summed E-state index contributed by atoms with van der Waals surface area (Å²) in [5, 5.41) is 12.8. The van der Waals surface area contributed by atoms with Crippen LogP contribution < -0.4 is 5.32 Å². The van der Waals surface area contributed by atoms with E-state index in [1.54, 1.807) is 23.1 Å². The maximum atomic E-state index is 4.79. The second-order valence-electron chi connectivity index (χ2n) is 5.34. The molecule has 0 unspecified atom stereocenters. The molecule has 1 saturated heterocycles. The third kappa shape index (κ3) is 5.59. The molecule has 2 aromatic rings. The molecule has 0 radical (unpaired) electrons. The summed E-state index contributed by atoms with van der Waals surface area (Å²) in [5.74, 6) is 0.941. The van der Waals surface area contributed by atoms with Crippen molar-refractivity contribution in [1.29, 1.82) is 0 Å². The number of hydrogen-bond acceptors (Lipinski definition) is 5. The molecular formula is C16H22IN5S2. The lowest BCUT2D eigenvalue weighted by Gasteiger charge is -2.30. The summed E-state index contributed by atoms with van der Waals surface area (Å²) in [6.07, 6.45) is 5.78. The van der Waals surface area contributed by atoms with Gasteiger partial charge in [-0.05, 0) is 37.7 Å². The molecule has 1 N–H and O–H groups in total. The zero-order valence-corrected chi connectivity index (χ0v) is 17.6. The normalized spacial score (nSPS) is 15.0. The van der Waals surface area contributed by atoms with Crippen LogP contribution >= 0.6 is 47.1 Å². The van der Waals surface area contributed by atoms with Crippen LogP contribution in [0.1, 0.15) is 24.3 Å². The molecule has 24 heavy (non-hydrogen) atoms. The number of para-hydroxylation sites is 1. The Hall–Kier alpha value is -0.870. The van der Waals surface area contributed by atoms with Crippen LogP contribution in [0.2, 0.25) is 0 Å². The smallest absolute Gasteiger partial charge is 0.198 e. The van der Waals surface area contributed by atoms with Gasteiger partial charge in [-0.2, -0.15) is 0 Å². The number of guanidine groups is 1. The first kappa shape index (κ1) is 19.5. The zero-order valence-electron chi connectivity index (χ0n) is 13.6. The van der Waals surface area contributed by atoms with Crippen molar-refractivity contribution >= 4 is 58.7 Å². The number of aromatic nitrogens is 2. The molecule has 0 spiro atoms. The van der Waals surface area contributed by atoms with Gasteiger partial charge in [0.15, 0.2) is 10.3 Å². The summed E-state index contributed by atoms with van der Waals surface area (Å²) in [5.41, 5.74) is 1.07. The lowest BCUT2D eigenvalue weighted by molar-refractivity contribution is 0.340. The highest BCUT2D eigenvalue weighted by atomic mass is 127. The average molecular weight is 475 g/mol. The third-order valence-corrected chi connectivity index (χ3v) is 5.56. The molecule has 5 nitrogen and oxygen atoms in total. The van der Waals surface area contributed by atoms with E-state index >= 15 is 0 Å². The summed E-state index contributed by atoms with van der Waals surface area (Å²) in [4.78, 5) is 7.13. The highest BCUT2D eigenvalue weighted by Gasteiger charge is 2.15. The number of thioether (sulfide) groups is 1. The van der Waals surface area contributed by atoms with Gasteiger partial charge < -0.3 is 10.2 Å². The number of benzene rings is 1. The van der Waals surface area contributed by atoms with Gasteiger partial charge in [-0.15, -0.1) is 34.2 Å². The number of piperidine rings is 1. The number of nitrogens with one attached hydrogen (secondary N) is 1. The summed E-state index contributed by atoms with van der Waals surface area (Å²) in [6.45, 7) is 2.69. The number of rotatable bonds is 4. The third-order valence-electron chi connectivity index (χ3n) is 3.67. The first-order chi connectivity index (χ1) is 11.3. The molecule has 0 atom stereocenters. The van der Waals surface area contributed by atoms with Crippen LogP contribution in [0.25, 0.3) is 0 Å². The molecule has 1 aromatic heterocycles. The van der Waals surface area contributed by atoms with Gasteiger partial charge in [0.1, 0.15) is 5.01 Å². The van der Waals surface area contributed by atoms with Crippen molar-refractivity contribution in [3.8, 4) is 0 Å². The molecule has 1 fully saturated rings. The minimum atomic E-state index is 0. The van der Waals surface area contributed by atoms with Gasteiger partial charge in [-0.1, -0.05) is 41.3 Å². The van der Waals surface area contributed by atoms with Crippen LogP contribution in [-0.4, -0.2) is 40.4 Å². The molecule has 2 heterocycles. The predicted octanol–water partition coefficient (Wildman–Crippen LogP) is 4.33. The van der Waals surface area contributed by atoms with Gasteiger partial charge in [0.2, 0.25) is 0 Å². The molecule has 8 heteroatoms. The maximum Gasteiger partial charge on any atom is 0.198 e. The van der Waals surface area contributed by atoms with Crippen LogP contribution in [-0.2, 0) is 6.54 Å².